The molecule has 0 spiro atoms. The Hall–Kier alpha value is -2.41. The average molecular weight is 359 g/mol. The van der Waals surface area contributed by atoms with E-state index in [-0.39, 0.29) is 6.61 Å². The first kappa shape index (κ1) is 18.4. The Morgan fingerprint density at radius 3 is 2.92 bits per heavy atom. The smallest absolute Gasteiger partial charge is 0.252 e. The Kier molecular flexibility index (Phi) is 6.22. The summed E-state index contributed by atoms with van der Waals surface area (Å²) in [6.45, 7) is 2.15. The Balaban J connectivity index is 1.38. The molecule has 1 unspecified atom stereocenters. The number of hydrogen-bond acceptors (Lipinski definition) is 6. The minimum absolute atomic E-state index is 0.0925. The summed E-state index contributed by atoms with van der Waals surface area (Å²) < 4.78 is 10.8. The van der Waals surface area contributed by atoms with Crippen molar-refractivity contribution in [3.63, 3.8) is 0 Å². The summed E-state index contributed by atoms with van der Waals surface area (Å²) in [7, 11) is 0. The second-order valence-electron chi connectivity index (χ2n) is 6.66. The molecule has 3 rings (SSSR count). The Bertz CT molecular complexity index is 725. The zero-order valence-electron chi connectivity index (χ0n) is 15.0. The number of carbonyl (C=O) groups is 1. The van der Waals surface area contributed by atoms with Gasteiger partial charge in [-0.3, -0.25) is 4.79 Å². The highest BCUT2D eigenvalue weighted by molar-refractivity contribution is 5.80. The molecule has 0 saturated heterocycles. The standard InChI is InChI=1S/C19H25N3O4/c1-13-6-2-5-9-16(13)25-12-15(23)18(24)20-11-10-17-21-19(26-22-17)14-7-3-4-8-14/h2,5-6,9,14-15,23H,3-4,7-8,10-12H2,1H3,(H,20,24). The molecule has 7 nitrogen and oxygen atoms in total. The molecular formula is C19H25N3O4. The second-order valence-corrected chi connectivity index (χ2v) is 6.66. The number of aromatic nitrogens is 2. The number of ether oxygens (including phenoxy) is 1. The second kappa shape index (κ2) is 8.80. The van der Waals surface area contributed by atoms with Crippen molar-refractivity contribution in [2.75, 3.05) is 13.2 Å². The zero-order chi connectivity index (χ0) is 18.4. The van der Waals surface area contributed by atoms with E-state index in [1.165, 1.54) is 12.8 Å². The summed E-state index contributed by atoms with van der Waals surface area (Å²) in [6, 6.07) is 7.46. The first-order chi connectivity index (χ1) is 12.6. The molecule has 1 atom stereocenters. The maximum absolute atomic E-state index is 11.9. The third-order valence-electron chi connectivity index (χ3n) is 4.63. The van der Waals surface area contributed by atoms with Gasteiger partial charge in [-0.15, -0.1) is 0 Å². The number of aliphatic hydroxyl groups excluding tert-OH is 1. The molecule has 0 radical (unpaired) electrons. The van der Waals surface area contributed by atoms with Gasteiger partial charge >= 0.3 is 0 Å². The van der Waals surface area contributed by atoms with Crippen LogP contribution in [0.4, 0.5) is 0 Å². The first-order valence-electron chi connectivity index (χ1n) is 9.10. The van der Waals surface area contributed by atoms with Gasteiger partial charge in [-0.25, -0.2) is 0 Å². The molecule has 7 heteroatoms. The van der Waals surface area contributed by atoms with Gasteiger partial charge in [0.1, 0.15) is 12.4 Å². The van der Waals surface area contributed by atoms with Crippen molar-refractivity contribution in [2.45, 2.75) is 51.0 Å². The predicted molar refractivity (Wildman–Crippen MR) is 94.9 cm³/mol. The van der Waals surface area contributed by atoms with Gasteiger partial charge in [0.25, 0.3) is 5.91 Å². The fraction of sp³-hybridized carbons (Fsp3) is 0.526. The van der Waals surface area contributed by atoms with Crippen molar-refractivity contribution >= 4 is 5.91 Å². The maximum atomic E-state index is 11.9. The highest BCUT2D eigenvalue weighted by Crippen LogP contribution is 2.32. The molecule has 0 bridgehead atoms. The summed E-state index contributed by atoms with van der Waals surface area (Å²) in [5.41, 5.74) is 0.954. The van der Waals surface area contributed by atoms with Crippen molar-refractivity contribution in [3.8, 4) is 5.75 Å². The lowest BCUT2D eigenvalue weighted by Crippen LogP contribution is -2.39. The summed E-state index contributed by atoms with van der Waals surface area (Å²) in [6.07, 6.45) is 3.86. The number of nitrogens with one attached hydrogen (secondary N) is 1. The lowest BCUT2D eigenvalue weighted by molar-refractivity contribution is -0.130. The molecule has 0 aliphatic heterocycles. The van der Waals surface area contributed by atoms with E-state index >= 15 is 0 Å². The maximum Gasteiger partial charge on any atom is 0.252 e. The molecule has 2 aromatic rings. The summed E-state index contributed by atoms with van der Waals surface area (Å²) in [5, 5.41) is 16.6. The van der Waals surface area contributed by atoms with Crippen molar-refractivity contribution in [1.29, 1.82) is 0 Å². The SMILES string of the molecule is Cc1ccccc1OCC(O)C(=O)NCCc1noc(C2CCCC2)n1. The molecule has 1 amide bonds. The summed E-state index contributed by atoms with van der Waals surface area (Å²) in [4.78, 5) is 16.4. The van der Waals surface area contributed by atoms with E-state index in [0.29, 0.717) is 36.3 Å². The van der Waals surface area contributed by atoms with E-state index in [4.69, 9.17) is 9.26 Å². The van der Waals surface area contributed by atoms with Crippen LogP contribution in [-0.4, -0.2) is 40.4 Å². The Morgan fingerprint density at radius 2 is 2.15 bits per heavy atom. The van der Waals surface area contributed by atoms with Crippen molar-refractivity contribution in [2.24, 2.45) is 0 Å². The Morgan fingerprint density at radius 1 is 1.38 bits per heavy atom. The van der Waals surface area contributed by atoms with Crippen LogP contribution in [-0.2, 0) is 11.2 Å². The monoisotopic (exact) mass is 359 g/mol. The first-order valence-corrected chi connectivity index (χ1v) is 9.10. The molecule has 1 aliphatic rings. The molecule has 1 heterocycles. The number of benzene rings is 1. The molecule has 1 aliphatic carbocycles. The van der Waals surface area contributed by atoms with E-state index in [1.807, 2.05) is 25.1 Å². The number of hydrogen-bond donors (Lipinski definition) is 2. The lowest BCUT2D eigenvalue weighted by atomic mass is 10.1. The van der Waals surface area contributed by atoms with Gasteiger partial charge in [-0.2, -0.15) is 4.98 Å². The van der Waals surface area contributed by atoms with Gasteiger partial charge in [0, 0.05) is 18.9 Å². The number of rotatable bonds is 8. The van der Waals surface area contributed by atoms with Crippen LogP contribution in [0.15, 0.2) is 28.8 Å². The minimum Gasteiger partial charge on any atom is -0.490 e. The zero-order valence-corrected chi connectivity index (χ0v) is 15.0. The van der Waals surface area contributed by atoms with Crippen LogP contribution < -0.4 is 10.1 Å². The van der Waals surface area contributed by atoms with E-state index in [9.17, 15) is 9.90 Å². The molecule has 1 saturated carbocycles. The fourth-order valence-electron chi connectivity index (χ4n) is 3.09. The molecule has 26 heavy (non-hydrogen) atoms. The van der Waals surface area contributed by atoms with Crippen LogP contribution in [0.25, 0.3) is 0 Å². The molecule has 1 aromatic carbocycles. The fourth-order valence-corrected chi connectivity index (χ4v) is 3.09. The normalized spacial score (nSPS) is 15.8. The van der Waals surface area contributed by atoms with Gasteiger partial charge < -0.3 is 19.7 Å². The number of carbonyl (C=O) groups excluding carboxylic acids is 1. The lowest BCUT2D eigenvalue weighted by Gasteiger charge is -2.13. The number of aryl methyl sites for hydroxylation is 1. The topological polar surface area (TPSA) is 97.5 Å². The van der Waals surface area contributed by atoms with Crippen molar-refractivity contribution in [1.82, 2.24) is 15.5 Å². The molecule has 1 fully saturated rings. The van der Waals surface area contributed by atoms with Crippen LogP contribution in [0.3, 0.4) is 0 Å². The van der Waals surface area contributed by atoms with Gasteiger partial charge in [0.15, 0.2) is 11.9 Å². The minimum atomic E-state index is -1.23. The number of amides is 1. The quantitative estimate of drug-likeness (QED) is 0.749. The van der Waals surface area contributed by atoms with Gasteiger partial charge in [0.05, 0.1) is 0 Å². The number of aliphatic hydroxyl groups is 1. The van der Waals surface area contributed by atoms with E-state index in [2.05, 4.69) is 15.5 Å². The van der Waals surface area contributed by atoms with Crippen LogP contribution in [0, 0.1) is 6.92 Å². The van der Waals surface area contributed by atoms with Crippen LogP contribution in [0.1, 0.15) is 48.9 Å². The highest BCUT2D eigenvalue weighted by Gasteiger charge is 2.23. The predicted octanol–water partition coefficient (Wildman–Crippen LogP) is 2.13. The van der Waals surface area contributed by atoms with Crippen LogP contribution in [0.2, 0.25) is 0 Å². The Labute approximate surface area is 152 Å². The van der Waals surface area contributed by atoms with Gasteiger partial charge in [0.2, 0.25) is 5.89 Å². The third-order valence-corrected chi connectivity index (χ3v) is 4.63. The largest absolute Gasteiger partial charge is 0.490 e. The van der Waals surface area contributed by atoms with E-state index < -0.39 is 12.0 Å². The molecule has 1 aromatic heterocycles. The third kappa shape index (κ3) is 4.82. The number of para-hydroxylation sites is 1. The van der Waals surface area contributed by atoms with Crippen LogP contribution >= 0.6 is 0 Å². The highest BCUT2D eigenvalue weighted by atomic mass is 16.5. The van der Waals surface area contributed by atoms with Crippen molar-refractivity contribution in [3.05, 3.63) is 41.5 Å². The van der Waals surface area contributed by atoms with Crippen LogP contribution in [0.5, 0.6) is 5.75 Å². The number of nitrogens with zero attached hydrogens (tertiary/aromatic N) is 2. The van der Waals surface area contributed by atoms with E-state index in [1.54, 1.807) is 6.07 Å². The van der Waals surface area contributed by atoms with E-state index in [0.717, 1.165) is 18.4 Å². The molecule has 140 valence electrons. The molecular weight excluding hydrogens is 334 g/mol. The molecule has 2 N–H and O–H groups in total. The average Bonchev–Trinajstić information content (AvgIpc) is 3.32. The van der Waals surface area contributed by atoms with Gasteiger partial charge in [-0.1, -0.05) is 36.2 Å². The van der Waals surface area contributed by atoms with Crippen molar-refractivity contribution < 1.29 is 19.2 Å². The summed E-state index contributed by atoms with van der Waals surface area (Å²) >= 11 is 0. The summed E-state index contributed by atoms with van der Waals surface area (Å²) in [5.74, 6) is 1.85. The van der Waals surface area contributed by atoms with Gasteiger partial charge in [-0.05, 0) is 31.4 Å².